The maximum atomic E-state index is 11.2. The smallest absolute Gasteiger partial charge is 0.311 e. The van der Waals surface area contributed by atoms with Crippen molar-refractivity contribution in [3.63, 3.8) is 0 Å². The zero-order chi connectivity index (χ0) is 13.1. The van der Waals surface area contributed by atoms with Crippen LogP contribution in [0.5, 0.6) is 0 Å². The number of ether oxygens (including phenoxy) is 2. The number of carbonyl (C=O) groups excluding carboxylic acids is 1. The second kappa shape index (κ2) is 5.67. The number of thiazole rings is 1. The van der Waals surface area contributed by atoms with Gasteiger partial charge in [-0.25, -0.2) is 4.98 Å². The van der Waals surface area contributed by atoms with Crippen LogP contribution in [-0.4, -0.2) is 43.4 Å². The van der Waals surface area contributed by atoms with Gasteiger partial charge in [0.25, 0.3) is 0 Å². The Morgan fingerprint density at radius 3 is 2.83 bits per heavy atom. The molecule has 1 fully saturated rings. The van der Waals surface area contributed by atoms with Crippen molar-refractivity contribution in [2.24, 2.45) is 0 Å². The summed E-state index contributed by atoms with van der Waals surface area (Å²) in [5, 5.41) is 2.87. The van der Waals surface area contributed by atoms with Gasteiger partial charge < -0.3 is 14.4 Å². The molecule has 18 heavy (non-hydrogen) atoms. The normalized spacial score (nSPS) is 24.1. The highest BCUT2D eigenvalue weighted by molar-refractivity contribution is 7.13. The number of methoxy groups -OCH3 is 1. The summed E-state index contributed by atoms with van der Waals surface area (Å²) in [6.07, 6.45) is 0.658. The van der Waals surface area contributed by atoms with Gasteiger partial charge in [-0.05, 0) is 13.8 Å². The standard InChI is InChI=1S/C12H18N2O3S/c1-8-5-14(6-9(2)17-8)12-13-10(7-18-12)4-11(15)16-3/h7-9H,4-6H2,1-3H3/t8-,9+. The predicted molar refractivity (Wildman–Crippen MR) is 70.1 cm³/mol. The van der Waals surface area contributed by atoms with E-state index in [2.05, 4.69) is 28.5 Å². The summed E-state index contributed by atoms with van der Waals surface area (Å²) in [6, 6.07) is 0. The van der Waals surface area contributed by atoms with E-state index in [4.69, 9.17) is 4.74 Å². The largest absolute Gasteiger partial charge is 0.469 e. The fourth-order valence-electron chi connectivity index (χ4n) is 2.08. The number of hydrogen-bond donors (Lipinski definition) is 0. The summed E-state index contributed by atoms with van der Waals surface area (Å²) in [6.45, 7) is 5.81. The van der Waals surface area contributed by atoms with Crippen LogP contribution in [0.15, 0.2) is 5.38 Å². The Hall–Kier alpha value is -1.14. The Balaban J connectivity index is 2.02. The molecule has 1 aliphatic heterocycles. The predicted octanol–water partition coefficient (Wildman–Crippen LogP) is 1.47. The maximum absolute atomic E-state index is 11.2. The van der Waals surface area contributed by atoms with Gasteiger partial charge in [0.15, 0.2) is 5.13 Å². The molecule has 0 radical (unpaired) electrons. The van der Waals surface area contributed by atoms with E-state index in [0.717, 1.165) is 23.9 Å². The van der Waals surface area contributed by atoms with Crippen LogP contribution in [0.25, 0.3) is 0 Å². The summed E-state index contributed by atoms with van der Waals surface area (Å²) in [5.41, 5.74) is 0.772. The summed E-state index contributed by atoms with van der Waals surface area (Å²) in [5.74, 6) is -0.254. The Morgan fingerprint density at radius 2 is 2.22 bits per heavy atom. The zero-order valence-corrected chi connectivity index (χ0v) is 11.7. The SMILES string of the molecule is COC(=O)Cc1csc(N2C[C@@H](C)O[C@@H](C)C2)n1. The number of rotatable bonds is 3. The second-order valence-electron chi connectivity index (χ2n) is 4.54. The molecular formula is C12H18N2O3S. The van der Waals surface area contributed by atoms with E-state index < -0.39 is 0 Å². The first-order valence-electron chi connectivity index (χ1n) is 6.00. The molecule has 1 aliphatic rings. The molecule has 0 aliphatic carbocycles. The molecule has 2 heterocycles. The number of carbonyl (C=O) groups is 1. The second-order valence-corrected chi connectivity index (χ2v) is 5.37. The lowest BCUT2D eigenvalue weighted by atomic mass is 10.2. The first-order chi connectivity index (χ1) is 8.58. The van der Waals surface area contributed by atoms with Crippen LogP contribution in [0.4, 0.5) is 5.13 Å². The van der Waals surface area contributed by atoms with Crippen LogP contribution >= 0.6 is 11.3 Å². The molecule has 5 nitrogen and oxygen atoms in total. The average Bonchev–Trinajstić information content (AvgIpc) is 2.76. The molecule has 0 unspecified atom stereocenters. The van der Waals surface area contributed by atoms with Gasteiger partial charge in [-0.2, -0.15) is 0 Å². The van der Waals surface area contributed by atoms with Gasteiger partial charge in [-0.3, -0.25) is 4.79 Å². The highest BCUT2D eigenvalue weighted by Gasteiger charge is 2.24. The van der Waals surface area contributed by atoms with Crippen molar-refractivity contribution in [1.29, 1.82) is 0 Å². The third kappa shape index (κ3) is 3.20. The summed E-state index contributed by atoms with van der Waals surface area (Å²) >= 11 is 1.56. The van der Waals surface area contributed by atoms with Gasteiger partial charge in [-0.1, -0.05) is 0 Å². The molecule has 0 N–H and O–H groups in total. The Labute approximate surface area is 111 Å². The molecule has 0 amide bonds. The van der Waals surface area contributed by atoms with E-state index in [1.165, 1.54) is 7.11 Å². The molecule has 6 heteroatoms. The number of nitrogens with zero attached hydrogens (tertiary/aromatic N) is 2. The minimum Gasteiger partial charge on any atom is -0.469 e. The van der Waals surface area contributed by atoms with Gasteiger partial charge in [0.05, 0.1) is 31.4 Å². The molecule has 100 valence electrons. The van der Waals surface area contributed by atoms with E-state index in [0.29, 0.717) is 0 Å². The third-order valence-electron chi connectivity index (χ3n) is 2.78. The lowest BCUT2D eigenvalue weighted by molar-refractivity contribution is -0.139. The molecular weight excluding hydrogens is 252 g/mol. The molecule has 0 aromatic carbocycles. The Morgan fingerprint density at radius 1 is 1.56 bits per heavy atom. The quantitative estimate of drug-likeness (QED) is 0.779. The van der Waals surface area contributed by atoms with Crippen LogP contribution in [0.3, 0.4) is 0 Å². The van der Waals surface area contributed by atoms with Gasteiger partial charge in [0.1, 0.15) is 0 Å². The van der Waals surface area contributed by atoms with Crippen molar-refractivity contribution in [2.45, 2.75) is 32.5 Å². The molecule has 1 saturated heterocycles. The summed E-state index contributed by atoms with van der Waals surface area (Å²) in [4.78, 5) is 17.9. The van der Waals surface area contributed by atoms with Crippen molar-refractivity contribution >= 4 is 22.4 Å². The van der Waals surface area contributed by atoms with Crippen LogP contribution in [0.2, 0.25) is 0 Å². The van der Waals surface area contributed by atoms with E-state index >= 15 is 0 Å². The monoisotopic (exact) mass is 270 g/mol. The molecule has 2 rings (SSSR count). The first-order valence-corrected chi connectivity index (χ1v) is 6.88. The molecule has 1 aromatic heterocycles. The van der Waals surface area contributed by atoms with Crippen LogP contribution in [-0.2, 0) is 20.7 Å². The van der Waals surface area contributed by atoms with E-state index in [1.807, 2.05) is 5.38 Å². The lowest BCUT2D eigenvalue weighted by Crippen LogP contribution is -2.45. The van der Waals surface area contributed by atoms with Crippen LogP contribution < -0.4 is 4.90 Å². The maximum Gasteiger partial charge on any atom is 0.311 e. The molecule has 1 aromatic rings. The Kier molecular flexibility index (Phi) is 4.19. The van der Waals surface area contributed by atoms with E-state index in [9.17, 15) is 4.79 Å². The molecule has 0 bridgehead atoms. The van der Waals surface area contributed by atoms with Crippen molar-refractivity contribution < 1.29 is 14.3 Å². The number of morpholine rings is 1. The van der Waals surface area contributed by atoms with Crippen molar-refractivity contribution in [3.8, 4) is 0 Å². The highest BCUT2D eigenvalue weighted by Crippen LogP contribution is 2.24. The lowest BCUT2D eigenvalue weighted by Gasteiger charge is -2.35. The minimum absolute atomic E-state index is 0.210. The van der Waals surface area contributed by atoms with E-state index in [-0.39, 0.29) is 24.6 Å². The number of anilines is 1. The zero-order valence-electron chi connectivity index (χ0n) is 10.9. The highest BCUT2D eigenvalue weighted by atomic mass is 32.1. The number of esters is 1. The third-order valence-corrected chi connectivity index (χ3v) is 3.73. The Bertz CT molecular complexity index is 411. The number of hydrogen-bond acceptors (Lipinski definition) is 6. The summed E-state index contributed by atoms with van der Waals surface area (Å²) < 4.78 is 10.3. The van der Waals surface area contributed by atoms with Crippen molar-refractivity contribution in [1.82, 2.24) is 4.98 Å². The van der Waals surface area contributed by atoms with Gasteiger partial charge in [0, 0.05) is 18.5 Å². The van der Waals surface area contributed by atoms with Gasteiger partial charge in [-0.15, -0.1) is 11.3 Å². The van der Waals surface area contributed by atoms with E-state index in [1.54, 1.807) is 11.3 Å². The van der Waals surface area contributed by atoms with Crippen molar-refractivity contribution in [2.75, 3.05) is 25.1 Å². The fourth-order valence-corrected chi connectivity index (χ4v) is 2.92. The fraction of sp³-hybridized carbons (Fsp3) is 0.667. The minimum atomic E-state index is -0.254. The first kappa shape index (κ1) is 13.3. The van der Waals surface area contributed by atoms with Gasteiger partial charge >= 0.3 is 5.97 Å². The van der Waals surface area contributed by atoms with Crippen molar-refractivity contribution in [3.05, 3.63) is 11.1 Å². The van der Waals surface area contributed by atoms with Crippen LogP contribution in [0, 0.1) is 0 Å². The summed E-state index contributed by atoms with van der Waals surface area (Å²) in [7, 11) is 1.39. The molecule has 0 spiro atoms. The van der Waals surface area contributed by atoms with Gasteiger partial charge in [0.2, 0.25) is 0 Å². The number of aromatic nitrogens is 1. The van der Waals surface area contributed by atoms with Crippen LogP contribution in [0.1, 0.15) is 19.5 Å². The topological polar surface area (TPSA) is 51.7 Å². The molecule has 2 atom stereocenters. The molecule has 0 saturated carbocycles. The average molecular weight is 270 g/mol.